The van der Waals surface area contributed by atoms with Crippen molar-refractivity contribution in [3.63, 3.8) is 0 Å². The number of aromatic hydroxyl groups is 1. The Morgan fingerprint density at radius 1 is 1.09 bits per heavy atom. The second kappa shape index (κ2) is 10.4. The fourth-order valence-electron chi connectivity index (χ4n) is 5.36. The second-order valence-electron chi connectivity index (χ2n) is 9.31. The molecule has 2 N–H and O–H groups in total. The summed E-state index contributed by atoms with van der Waals surface area (Å²) < 4.78 is 7.75. The van der Waals surface area contributed by atoms with Crippen LogP contribution in [0.25, 0.3) is 5.69 Å². The van der Waals surface area contributed by atoms with Crippen molar-refractivity contribution in [1.29, 1.82) is 0 Å². The summed E-state index contributed by atoms with van der Waals surface area (Å²) in [5.41, 5.74) is 5.58. The minimum Gasteiger partial charge on any atom is -0.508 e. The smallest absolute Gasteiger partial charge is 0.170 e. The van der Waals surface area contributed by atoms with Gasteiger partial charge in [0.05, 0.1) is 31.0 Å². The first-order chi connectivity index (χ1) is 17.0. The Bertz CT molecular complexity index is 1160. The average molecular weight is 492 g/mol. The van der Waals surface area contributed by atoms with Crippen LogP contribution in [0, 0.1) is 13.8 Å². The lowest BCUT2D eigenvalue weighted by Crippen LogP contribution is -2.39. The fourth-order valence-corrected chi connectivity index (χ4v) is 5.69. The highest BCUT2D eigenvalue weighted by Crippen LogP contribution is 2.41. The molecule has 3 aromatic rings. The third kappa shape index (κ3) is 4.91. The van der Waals surface area contributed by atoms with Gasteiger partial charge in [0.1, 0.15) is 5.75 Å². The minimum atomic E-state index is -0.0270. The van der Waals surface area contributed by atoms with Crippen LogP contribution in [0.5, 0.6) is 5.75 Å². The summed E-state index contributed by atoms with van der Waals surface area (Å²) in [5, 5.41) is 14.1. The second-order valence-corrected chi connectivity index (χ2v) is 9.69. The molecule has 2 fully saturated rings. The van der Waals surface area contributed by atoms with E-state index in [-0.39, 0.29) is 17.8 Å². The molecule has 8 heteroatoms. The molecular formula is C27H33N5O2S. The molecule has 0 spiro atoms. The van der Waals surface area contributed by atoms with Crippen molar-refractivity contribution in [3.05, 3.63) is 77.4 Å². The van der Waals surface area contributed by atoms with Gasteiger partial charge in [0.25, 0.3) is 0 Å². The number of pyridine rings is 1. The number of phenolic OH excluding ortho intramolecular Hbond substituents is 1. The Kier molecular flexibility index (Phi) is 7.04. The third-order valence-electron chi connectivity index (χ3n) is 7.07. The largest absolute Gasteiger partial charge is 0.508 e. The first-order valence-corrected chi connectivity index (χ1v) is 12.7. The highest BCUT2D eigenvalue weighted by atomic mass is 32.1. The number of thiocarbonyl (C=S) groups is 1. The summed E-state index contributed by atoms with van der Waals surface area (Å²) in [6.07, 6.45) is 2.88. The van der Waals surface area contributed by atoms with E-state index in [4.69, 9.17) is 17.0 Å². The molecule has 7 nitrogen and oxygen atoms in total. The zero-order valence-electron chi connectivity index (χ0n) is 20.4. The number of nitrogens with zero attached hydrogens (tertiary/aromatic N) is 4. The lowest BCUT2D eigenvalue weighted by Gasteiger charge is -2.30. The Morgan fingerprint density at radius 2 is 1.86 bits per heavy atom. The van der Waals surface area contributed by atoms with Gasteiger partial charge in [-0.3, -0.25) is 9.88 Å². The maximum atomic E-state index is 9.77. The van der Waals surface area contributed by atoms with E-state index in [1.807, 2.05) is 30.5 Å². The van der Waals surface area contributed by atoms with Crippen LogP contribution in [-0.4, -0.2) is 69.0 Å². The maximum absolute atomic E-state index is 9.77. The van der Waals surface area contributed by atoms with E-state index < -0.39 is 0 Å². The topological polar surface area (TPSA) is 65.8 Å². The van der Waals surface area contributed by atoms with E-state index >= 15 is 0 Å². The third-order valence-corrected chi connectivity index (χ3v) is 7.42. The molecule has 2 aliphatic rings. The zero-order valence-corrected chi connectivity index (χ0v) is 21.2. The van der Waals surface area contributed by atoms with Gasteiger partial charge in [-0.15, -0.1) is 0 Å². The van der Waals surface area contributed by atoms with E-state index in [1.54, 1.807) is 12.1 Å². The standard InChI is InChI=1S/C27H33N5O2S/c1-19-18-23(20(2)32(19)21-7-9-22(33)10-8-21)26-25(24-6-3-4-11-28-24)29-27(35)31(26)13-5-12-30-14-16-34-17-15-30/h3-4,6-11,18,25-26,33H,5,12-17H2,1-2H3,(H,29,35)/t25-,26-/m1/s1. The molecule has 2 aliphatic heterocycles. The van der Waals surface area contributed by atoms with Gasteiger partial charge in [-0.25, -0.2) is 0 Å². The number of hydrogen-bond acceptors (Lipinski definition) is 5. The quantitative estimate of drug-likeness (QED) is 0.486. The molecule has 184 valence electrons. The van der Waals surface area contributed by atoms with E-state index in [0.717, 1.165) is 68.0 Å². The molecule has 0 bridgehead atoms. The van der Waals surface area contributed by atoms with Crippen LogP contribution in [0.4, 0.5) is 0 Å². The monoisotopic (exact) mass is 491 g/mol. The molecule has 0 amide bonds. The van der Waals surface area contributed by atoms with Gasteiger partial charge >= 0.3 is 0 Å². The normalized spacial score (nSPS) is 20.9. The fraction of sp³-hybridized carbons (Fsp3) is 0.407. The van der Waals surface area contributed by atoms with Crippen molar-refractivity contribution in [2.24, 2.45) is 0 Å². The molecule has 0 unspecified atom stereocenters. The molecule has 2 atom stereocenters. The summed E-state index contributed by atoms with van der Waals surface area (Å²) in [4.78, 5) is 9.50. The van der Waals surface area contributed by atoms with Crippen LogP contribution >= 0.6 is 12.2 Å². The number of ether oxygens (including phenoxy) is 1. The van der Waals surface area contributed by atoms with Crippen LogP contribution in [0.1, 0.15) is 41.1 Å². The molecule has 2 saturated heterocycles. The number of hydrogen-bond donors (Lipinski definition) is 2. The highest BCUT2D eigenvalue weighted by Gasteiger charge is 2.41. The molecule has 0 saturated carbocycles. The van der Waals surface area contributed by atoms with Gasteiger partial charge in [0.15, 0.2) is 5.11 Å². The molecule has 0 aliphatic carbocycles. The summed E-state index contributed by atoms with van der Waals surface area (Å²) >= 11 is 5.87. The zero-order chi connectivity index (χ0) is 24.4. The summed E-state index contributed by atoms with van der Waals surface area (Å²) in [6, 6.07) is 15.7. The van der Waals surface area contributed by atoms with Gasteiger partial charge in [0.2, 0.25) is 0 Å². The predicted octanol–water partition coefficient (Wildman–Crippen LogP) is 3.89. The van der Waals surface area contributed by atoms with Gasteiger partial charge < -0.3 is 24.6 Å². The molecule has 5 rings (SSSR count). The van der Waals surface area contributed by atoms with Crippen molar-refractivity contribution >= 4 is 17.3 Å². The number of benzene rings is 1. The first-order valence-electron chi connectivity index (χ1n) is 12.3. The number of aromatic nitrogens is 2. The van der Waals surface area contributed by atoms with Crippen LogP contribution in [0.15, 0.2) is 54.7 Å². The van der Waals surface area contributed by atoms with Crippen LogP contribution in [-0.2, 0) is 4.74 Å². The maximum Gasteiger partial charge on any atom is 0.170 e. The number of nitrogens with one attached hydrogen (secondary N) is 1. The average Bonchev–Trinajstić information content (AvgIpc) is 3.36. The van der Waals surface area contributed by atoms with Crippen LogP contribution < -0.4 is 5.32 Å². The molecule has 0 radical (unpaired) electrons. The van der Waals surface area contributed by atoms with Gasteiger partial charge in [0, 0.05) is 49.5 Å². The van der Waals surface area contributed by atoms with Gasteiger partial charge in [-0.05, 0) is 80.5 Å². The van der Waals surface area contributed by atoms with Crippen molar-refractivity contribution < 1.29 is 9.84 Å². The number of aryl methyl sites for hydroxylation is 1. The number of phenols is 1. The summed E-state index contributed by atoms with van der Waals surface area (Å²) in [6.45, 7) is 9.83. The molecule has 1 aromatic carbocycles. The Hall–Kier alpha value is -2.94. The summed E-state index contributed by atoms with van der Waals surface area (Å²) in [7, 11) is 0. The molecule has 2 aromatic heterocycles. The van der Waals surface area contributed by atoms with E-state index in [2.05, 4.69) is 50.6 Å². The van der Waals surface area contributed by atoms with Crippen LogP contribution in [0.3, 0.4) is 0 Å². The molecular weight excluding hydrogens is 458 g/mol. The summed E-state index contributed by atoms with van der Waals surface area (Å²) in [5.74, 6) is 0.267. The Balaban J connectivity index is 1.47. The molecule has 4 heterocycles. The predicted molar refractivity (Wildman–Crippen MR) is 141 cm³/mol. The molecule has 35 heavy (non-hydrogen) atoms. The highest BCUT2D eigenvalue weighted by molar-refractivity contribution is 7.80. The number of rotatable bonds is 7. The van der Waals surface area contributed by atoms with Crippen molar-refractivity contribution in [3.8, 4) is 11.4 Å². The first kappa shape index (κ1) is 23.8. The van der Waals surface area contributed by atoms with Crippen molar-refractivity contribution in [2.75, 3.05) is 39.4 Å². The van der Waals surface area contributed by atoms with Gasteiger partial charge in [-0.1, -0.05) is 6.07 Å². The van der Waals surface area contributed by atoms with Crippen LogP contribution in [0.2, 0.25) is 0 Å². The van der Waals surface area contributed by atoms with Crippen molar-refractivity contribution in [1.82, 2.24) is 24.7 Å². The lowest BCUT2D eigenvalue weighted by atomic mass is 9.96. The number of morpholine rings is 1. The van der Waals surface area contributed by atoms with E-state index in [9.17, 15) is 5.11 Å². The lowest BCUT2D eigenvalue weighted by molar-refractivity contribution is 0.0365. The van der Waals surface area contributed by atoms with Crippen molar-refractivity contribution in [2.45, 2.75) is 32.4 Å². The van der Waals surface area contributed by atoms with E-state index in [1.165, 1.54) is 11.3 Å². The Labute approximate surface area is 212 Å². The SMILES string of the molecule is Cc1cc([C@@H]2[C@@H](c3ccccn3)NC(=S)N2CCCN2CCOCC2)c(C)n1-c1ccc(O)cc1. The Morgan fingerprint density at radius 3 is 2.57 bits per heavy atom. The van der Waals surface area contributed by atoms with E-state index in [0.29, 0.717) is 0 Å². The van der Waals surface area contributed by atoms with Gasteiger partial charge in [-0.2, -0.15) is 0 Å². The minimum absolute atomic E-state index is 0.0270.